The van der Waals surface area contributed by atoms with Crippen molar-refractivity contribution < 1.29 is 9.53 Å². The number of carbonyl (C=O) groups is 1. The summed E-state index contributed by atoms with van der Waals surface area (Å²) >= 11 is 0. The van der Waals surface area contributed by atoms with Crippen LogP contribution in [0.5, 0.6) is 0 Å². The zero-order chi connectivity index (χ0) is 9.10. The first-order valence-electron chi connectivity index (χ1n) is 5.52. The molecule has 2 rings (SSSR count). The minimum atomic E-state index is 0.274. The SMILES string of the molecule is O=C1CC(OC2CCCCCC2)C1. The van der Waals surface area contributed by atoms with Crippen LogP contribution in [0, 0.1) is 0 Å². The molecule has 0 atom stereocenters. The Morgan fingerprint density at radius 3 is 2.08 bits per heavy atom. The standard InChI is InChI=1S/C11H18O2/c12-9-7-11(8-9)13-10-5-3-1-2-4-6-10/h10-11H,1-8H2. The van der Waals surface area contributed by atoms with E-state index < -0.39 is 0 Å². The van der Waals surface area contributed by atoms with Gasteiger partial charge in [0.2, 0.25) is 0 Å². The molecular formula is C11H18O2. The van der Waals surface area contributed by atoms with Crippen molar-refractivity contribution >= 4 is 5.78 Å². The molecule has 2 aliphatic rings. The summed E-state index contributed by atoms with van der Waals surface area (Å²) in [5.74, 6) is 0.374. The molecule has 0 spiro atoms. The lowest BCUT2D eigenvalue weighted by atomic mass is 9.94. The summed E-state index contributed by atoms with van der Waals surface area (Å²) in [7, 11) is 0. The van der Waals surface area contributed by atoms with E-state index in [-0.39, 0.29) is 6.10 Å². The van der Waals surface area contributed by atoms with E-state index in [2.05, 4.69) is 0 Å². The first-order chi connectivity index (χ1) is 6.34. The Morgan fingerprint density at radius 1 is 0.923 bits per heavy atom. The molecule has 0 aromatic carbocycles. The van der Waals surface area contributed by atoms with Crippen molar-refractivity contribution in [2.45, 2.75) is 63.6 Å². The van der Waals surface area contributed by atoms with Gasteiger partial charge in [-0.05, 0) is 12.8 Å². The third-order valence-corrected chi connectivity index (χ3v) is 3.10. The quantitative estimate of drug-likeness (QED) is 0.613. The molecule has 2 fully saturated rings. The summed E-state index contributed by atoms with van der Waals surface area (Å²) in [6.45, 7) is 0. The molecule has 0 aromatic rings. The number of rotatable bonds is 2. The summed E-state index contributed by atoms with van der Waals surface area (Å²) in [5.41, 5.74) is 0. The van der Waals surface area contributed by atoms with Crippen LogP contribution in [0.3, 0.4) is 0 Å². The molecular weight excluding hydrogens is 164 g/mol. The molecule has 0 aromatic heterocycles. The van der Waals surface area contributed by atoms with Gasteiger partial charge in [-0.1, -0.05) is 25.7 Å². The van der Waals surface area contributed by atoms with E-state index in [1.165, 1.54) is 38.5 Å². The van der Waals surface area contributed by atoms with Gasteiger partial charge in [0.1, 0.15) is 5.78 Å². The predicted octanol–water partition coefficient (Wildman–Crippen LogP) is 2.46. The Balaban J connectivity index is 1.70. The molecule has 0 aliphatic heterocycles. The molecule has 0 unspecified atom stereocenters. The first kappa shape index (κ1) is 9.20. The van der Waals surface area contributed by atoms with Gasteiger partial charge in [0.05, 0.1) is 12.2 Å². The maximum atomic E-state index is 10.7. The highest BCUT2D eigenvalue weighted by Gasteiger charge is 2.29. The maximum Gasteiger partial charge on any atom is 0.138 e. The van der Waals surface area contributed by atoms with Gasteiger partial charge in [-0.15, -0.1) is 0 Å². The molecule has 2 nitrogen and oxygen atoms in total. The van der Waals surface area contributed by atoms with Gasteiger partial charge in [0.25, 0.3) is 0 Å². The summed E-state index contributed by atoms with van der Waals surface area (Å²) in [5, 5.41) is 0. The van der Waals surface area contributed by atoms with Crippen LogP contribution in [0.2, 0.25) is 0 Å². The van der Waals surface area contributed by atoms with Crippen LogP contribution in [-0.2, 0) is 9.53 Å². The van der Waals surface area contributed by atoms with Gasteiger partial charge >= 0.3 is 0 Å². The number of ether oxygens (including phenoxy) is 1. The molecule has 0 radical (unpaired) electrons. The number of Topliss-reactive ketones (excluding diaryl/α,β-unsaturated/α-hetero) is 1. The molecule has 2 aliphatic carbocycles. The second-order valence-electron chi connectivity index (χ2n) is 4.32. The van der Waals surface area contributed by atoms with Crippen LogP contribution in [0.15, 0.2) is 0 Å². The van der Waals surface area contributed by atoms with E-state index in [1.807, 2.05) is 0 Å². The van der Waals surface area contributed by atoms with Gasteiger partial charge < -0.3 is 4.74 Å². The average Bonchev–Trinajstić information content (AvgIpc) is 2.30. The fourth-order valence-electron chi connectivity index (χ4n) is 2.19. The number of carbonyl (C=O) groups excluding carboxylic acids is 1. The lowest BCUT2D eigenvalue weighted by Gasteiger charge is -2.29. The van der Waals surface area contributed by atoms with Gasteiger partial charge in [0.15, 0.2) is 0 Å². The monoisotopic (exact) mass is 182 g/mol. The van der Waals surface area contributed by atoms with Crippen LogP contribution in [0.25, 0.3) is 0 Å². The Kier molecular flexibility index (Phi) is 2.99. The number of ketones is 1. The second-order valence-corrected chi connectivity index (χ2v) is 4.32. The van der Waals surface area contributed by atoms with Gasteiger partial charge in [-0.25, -0.2) is 0 Å². The van der Waals surface area contributed by atoms with Crippen molar-refractivity contribution in [3.63, 3.8) is 0 Å². The zero-order valence-electron chi connectivity index (χ0n) is 8.13. The van der Waals surface area contributed by atoms with Crippen molar-refractivity contribution in [1.29, 1.82) is 0 Å². The third kappa shape index (κ3) is 2.53. The van der Waals surface area contributed by atoms with Crippen LogP contribution in [0.4, 0.5) is 0 Å². The summed E-state index contributed by atoms with van der Waals surface area (Å²) < 4.78 is 5.86. The molecule has 0 saturated heterocycles. The van der Waals surface area contributed by atoms with E-state index >= 15 is 0 Å². The zero-order valence-corrected chi connectivity index (χ0v) is 8.13. The summed E-state index contributed by atoms with van der Waals surface area (Å²) in [6, 6.07) is 0. The largest absolute Gasteiger partial charge is 0.374 e. The van der Waals surface area contributed by atoms with E-state index in [0.717, 1.165) is 0 Å². The number of hydrogen-bond donors (Lipinski definition) is 0. The van der Waals surface area contributed by atoms with Gasteiger partial charge in [0, 0.05) is 12.8 Å². The van der Waals surface area contributed by atoms with Crippen molar-refractivity contribution in [2.24, 2.45) is 0 Å². The van der Waals surface area contributed by atoms with Crippen LogP contribution < -0.4 is 0 Å². The normalized spacial score (nSPS) is 26.9. The maximum absolute atomic E-state index is 10.7. The smallest absolute Gasteiger partial charge is 0.138 e. The Morgan fingerprint density at radius 2 is 1.54 bits per heavy atom. The number of hydrogen-bond acceptors (Lipinski definition) is 2. The first-order valence-corrected chi connectivity index (χ1v) is 5.52. The van der Waals surface area contributed by atoms with E-state index in [9.17, 15) is 4.79 Å². The van der Waals surface area contributed by atoms with Crippen molar-refractivity contribution in [3.8, 4) is 0 Å². The molecule has 0 heterocycles. The lowest BCUT2D eigenvalue weighted by molar-refractivity contribution is -0.138. The highest BCUT2D eigenvalue weighted by Crippen LogP contribution is 2.26. The van der Waals surface area contributed by atoms with Crippen LogP contribution >= 0.6 is 0 Å². The molecule has 2 saturated carbocycles. The Labute approximate surface area is 79.7 Å². The minimum Gasteiger partial charge on any atom is -0.374 e. The molecule has 0 N–H and O–H groups in total. The fourth-order valence-corrected chi connectivity index (χ4v) is 2.19. The minimum absolute atomic E-state index is 0.274. The Bertz CT molecular complexity index is 173. The average molecular weight is 182 g/mol. The van der Waals surface area contributed by atoms with Crippen LogP contribution in [0.1, 0.15) is 51.4 Å². The van der Waals surface area contributed by atoms with Crippen LogP contribution in [-0.4, -0.2) is 18.0 Å². The van der Waals surface area contributed by atoms with E-state index in [0.29, 0.717) is 24.7 Å². The summed E-state index contributed by atoms with van der Waals surface area (Å²) in [6.07, 6.45) is 9.86. The highest BCUT2D eigenvalue weighted by atomic mass is 16.5. The molecule has 2 heteroatoms. The molecule has 13 heavy (non-hydrogen) atoms. The van der Waals surface area contributed by atoms with Crippen molar-refractivity contribution in [2.75, 3.05) is 0 Å². The molecule has 74 valence electrons. The Hall–Kier alpha value is -0.370. The predicted molar refractivity (Wildman–Crippen MR) is 50.6 cm³/mol. The highest BCUT2D eigenvalue weighted by molar-refractivity contribution is 5.85. The van der Waals surface area contributed by atoms with Gasteiger partial charge in [-0.2, -0.15) is 0 Å². The van der Waals surface area contributed by atoms with Crippen molar-refractivity contribution in [1.82, 2.24) is 0 Å². The van der Waals surface area contributed by atoms with E-state index in [4.69, 9.17) is 4.74 Å². The van der Waals surface area contributed by atoms with Gasteiger partial charge in [-0.3, -0.25) is 4.79 Å². The van der Waals surface area contributed by atoms with Crippen molar-refractivity contribution in [3.05, 3.63) is 0 Å². The second kappa shape index (κ2) is 4.23. The summed E-state index contributed by atoms with van der Waals surface area (Å²) in [4.78, 5) is 10.7. The lowest BCUT2D eigenvalue weighted by Crippen LogP contribution is -2.34. The van der Waals surface area contributed by atoms with E-state index in [1.54, 1.807) is 0 Å². The fraction of sp³-hybridized carbons (Fsp3) is 0.909. The topological polar surface area (TPSA) is 26.3 Å². The molecule has 0 bridgehead atoms. The molecule has 0 amide bonds. The third-order valence-electron chi connectivity index (χ3n) is 3.10.